The maximum atomic E-state index is 14.0. The Bertz CT molecular complexity index is 1560. The van der Waals surface area contributed by atoms with Crippen LogP contribution >= 0.6 is 11.6 Å². The van der Waals surface area contributed by atoms with Gasteiger partial charge in [-0.25, -0.2) is 13.0 Å². The Kier molecular flexibility index (Phi) is 6.76. The zero-order chi connectivity index (χ0) is 27.3. The van der Waals surface area contributed by atoms with Crippen LogP contribution in [0, 0.1) is 16.4 Å². The molecule has 3 N–H and O–H groups in total. The zero-order valence-corrected chi connectivity index (χ0v) is 20.4. The molecule has 0 saturated carbocycles. The minimum atomic E-state index is -4.91. The van der Waals surface area contributed by atoms with E-state index in [0.29, 0.717) is 12.1 Å². The Morgan fingerprint density at radius 2 is 1.81 bits per heavy atom. The Morgan fingerprint density at radius 1 is 1.11 bits per heavy atom. The minimum absolute atomic E-state index is 0.00278. The number of hydrogen-bond acceptors (Lipinski definition) is 4. The van der Waals surface area contributed by atoms with E-state index in [-0.39, 0.29) is 44.8 Å². The van der Waals surface area contributed by atoms with E-state index in [4.69, 9.17) is 16.4 Å². The molecule has 37 heavy (non-hydrogen) atoms. The summed E-state index contributed by atoms with van der Waals surface area (Å²) in [7, 11) is -3.10. The van der Waals surface area contributed by atoms with Crippen molar-refractivity contribution in [1.29, 1.82) is 4.78 Å². The van der Waals surface area contributed by atoms with Gasteiger partial charge in [-0.1, -0.05) is 11.6 Å². The van der Waals surface area contributed by atoms with Crippen LogP contribution < -0.4 is 10.6 Å². The summed E-state index contributed by atoms with van der Waals surface area (Å²) in [5.41, 5.74) is -1.65. The summed E-state index contributed by atoms with van der Waals surface area (Å²) in [6.45, 7) is 0. The van der Waals surface area contributed by atoms with Gasteiger partial charge in [0, 0.05) is 48.9 Å². The third-order valence-electron chi connectivity index (χ3n) is 5.50. The topological polar surface area (TPSA) is 99.1 Å². The van der Waals surface area contributed by atoms with E-state index in [9.17, 15) is 35.8 Å². The number of benzene rings is 3. The second kappa shape index (κ2) is 9.42. The van der Waals surface area contributed by atoms with Gasteiger partial charge in [-0.3, -0.25) is 14.4 Å². The highest BCUT2D eigenvalue weighted by molar-refractivity contribution is 7.90. The van der Waals surface area contributed by atoms with Crippen molar-refractivity contribution in [2.24, 2.45) is 0 Å². The van der Waals surface area contributed by atoms with E-state index < -0.39 is 56.5 Å². The second-order valence-electron chi connectivity index (χ2n) is 8.51. The molecule has 3 aromatic carbocycles. The Morgan fingerprint density at radius 3 is 2.46 bits per heavy atom. The number of amides is 2. The fourth-order valence-electron chi connectivity index (χ4n) is 4.05. The molecule has 0 spiro atoms. The molecule has 2 atom stereocenters. The molecule has 1 heterocycles. The van der Waals surface area contributed by atoms with E-state index in [2.05, 4.69) is 10.6 Å². The SMILES string of the molecule is CS(=N)(=O)Cc1cc(NC(=O)c2cc(F)cc(C(F)(F)F)c2)c2c(c1)C(=O)NC2c1cc(F)ccc1Cl. The number of halogens is 6. The molecule has 2 amide bonds. The number of carbonyl (C=O) groups is 2. The number of rotatable bonds is 5. The molecule has 0 saturated heterocycles. The van der Waals surface area contributed by atoms with Crippen molar-refractivity contribution in [2.45, 2.75) is 18.0 Å². The highest BCUT2D eigenvalue weighted by Gasteiger charge is 2.36. The fourth-order valence-corrected chi connectivity index (χ4v) is 5.08. The second-order valence-corrected chi connectivity index (χ2v) is 11.2. The van der Waals surface area contributed by atoms with Gasteiger partial charge >= 0.3 is 6.18 Å². The molecule has 6 nitrogen and oxygen atoms in total. The maximum absolute atomic E-state index is 14.0. The van der Waals surface area contributed by atoms with Gasteiger partial charge in [-0.2, -0.15) is 13.2 Å². The van der Waals surface area contributed by atoms with Gasteiger partial charge in [-0.05, 0) is 54.1 Å². The van der Waals surface area contributed by atoms with Gasteiger partial charge in [0.25, 0.3) is 11.8 Å². The molecule has 3 aromatic rings. The lowest BCUT2D eigenvalue weighted by Gasteiger charge is -2.19. The minimum Gasteiger partial charge on any atom is -0.341 e. The molecular weight excluding hydrogens is 541 g/mol. The summed E-state index contributed by atoms with van der Waals surface area (Å²) >= 11 is 6.22. The number of nitrogens with one attached hydrogen (secondary N) is 3. The molecule has 0 radical (unpaired) electrons. The third-order valence-corrected chi connectivity index (χ3v) is 6.72. The van der Waals surface area contributed by atoms with Crippen molar-refractivity contribution in [1.82, 2.24) is 5.32 Å². The summed E-state index contributed by atoms with van der Waals surface area (Å²) in [6, 6.07) is 6.36. The van der Waals surface area contributed by atoms with E-state index in [1.54, 1.807) is 0 Å². The van der Waals surface area contributed by atoms with E-state index in [1.165, 1.54) is 24.5 Å². The predicted octanol–water partition coefficient (Wildman–Crippen LogP) is 5.90. The molecular formula is C24H17ClF5N3O3S. The van der Waals surface area contributed by atoms with E-state index >= 15 is 0 Å². The maximum Gasteiger partial charge on any atom is 0.416 e. The fraction of sp³-hybridized carbons (Fsp3) is 0.167. The van der Waals surface area contributed by atoms with Crippen molar-refractivity contribution >= 4 is 38.8 Å². The van der Waals surface area contributed by atoms with Crippen LogP contribution in [-0.2, 0) is 21.7 Å². The molecule has 1 aliphatic heterocycles. The summed E-state index contributed by atoms with van der Waals surface area (Å²) in [6.07, 6.45) is -3.75. The van der Waals surface area contributed by atoms with Crippen molar-refractivity contribution in [2.75, 3.05) is 11.6 Å². The van der Waals surface area contributed by atoms with E-state index in [0.717, 1.165) is 12.1 Å². The number of carbonyl (C=O) groups excluding carboxylic acids is 2. The number of hydrogen-bond donors (Lipinski definition) is 3. The summed E-state index contributed by atoms with van der Waals surface area (Å²) in [5.74, 6) is -4.03. The van der Waals surface area contributed by atoms with Crippen LogP contribution in [0.4, 0.5) is 27.6 Å². The van der Waals surface area contributed by atoms with Crippen LogP contribution in [0.3, 0.4) is 0 Å². The van der Waals surface area contributed by atoms with Crippen LogP contribution in [0.2, 0.25) is 5.02 Å². The predicted molar refractivity (Wildman–Crippen MR) is 127 cm³/mol. The summed E-state index contributed by atoms with van der Waals surface area (Å²) < 4.78 is 87.2. The smallest absolute Gasteiger partial charge is 0.341 e. The van der Waals surface area contributed by atoms with Crippen LogP contribution in [0.1, 0.15) is 49.0 Å². The Labute approximate surface area is 212 Å². The van der Waals surface area contributed by atoms with Crippen LogP contribution in [0.25, 0.3) is 0 Å². The monoisotopic (exact) mass is 557 g/mol. The lowest BCUT2D eigenvalue weighted by molar-refractivity contribution is -0.137. The van der Waals surface area contributed by atoms with Gasteiger partial charge < -0.3 is 10.6 Å². The number of anilines is 1. The average molecular weight is 558 g/mol. The van der Waals surface area contributed by atoms with Gasteiger partial charge in [0.2, 0.25) is 0 Å². The standard InChI is InChI=1S/C24H17ClF5N3O3S/c1-37(31,36)10-11-4-17-20(21(33-23(17)35)16-9-14(26)2-3-18(16)25)19(5-11)32-22(34)12-6-13(24(28,29)30)8-15(27)7-12/h2-9,21,31H,10H2,1H3,(H,32,34)(H,33,35). The molecule has 0 bridgehead atoms. The highest BCUT2D eigenvalue weighted by Crippen LogP contribution is 2.40. The normalized spacial score (nSPS) is 16.6. The molecule has 4 rings (SSSR count). The molecule has 0 aromatic heterocycles. The summed E-state index contributed by atoms with van der Waals surface area (Å²) in [5, 5.41) is 5.09. The van der Waals surface area contributed by atoms with Crippen molar-refractivity contribution in [3.63, 3.8) is 0 Å². The first kappa shape index (κ1) is 26.6. The Hall–Kier alpha value is -3.51. The first-order valence-corrected chi connectivity index (χ1v) is 13.0. The molecule has 13 heteroatoms. The van der Waals surface area contributed by atoms with Crippen molar-refractivity contribution in [3.05, 3.63) is 98.6 Å². The first-order chi connectivity index (χ1) is 17.1. The van der Waals surface area contributed by atoms with E-state index in [1.807, 2.05) is 0 Å². The average Bonchev–Trinajstić information content (AvgIpc) is 3.09. The third kappa shape index (κ3) is 5.75. The largest absolute Gasteiger partial charge is 0.416 e. The van der Waals surface area contributed by atoms with Crippen LogP contribution in [-0.4, -0.2) is 22.3 Å². The van der Waals surface area contributed by atoms with Gasteiger partial charge in [-0.15, -0.1) is 0 Å². The van der Waals surface area contributed by atoms with Crippen molar-refractivity contribution in [3.8, 4) is 0 Å². The molecule has 0 fully saturated rings. The zero-order valence-electron chi connectivity index (χ0n) is 18.8. The van der Waals surface area contributed by atoms with Gasteiger partial charge in [0.05, 0.1) is 17.4 Å². The quantitative estimate of drug-likeness (QED) is 0.341. The summed E-state index contributed by atoms with van der Waals surface area (Å²) in [4.78, 5) is 25.8. The van der Waals surface area contributed by atoms with Crippen LogP contribution in [0.15, 0.2) is 48.5 Å². The molecule has 2 unspecified atom stereocenters. The van der Waals surface area contributed by atoms with Crippen molar-refractivity contribution < 1.29 is 35.8 Å². The first-order valence-electron chi connectivity index (χ1n) is 10.5. The molecule has 0 aliphatic carbocycles. The van der Waals surface area contributed by atoms with Gasteiger partial charge in [0.15, 0.2) is 0 Å². The lowest BCUT2D eigenvalue weighted by atomic mass is 9.94. The highest BCUT2D eigenvalue weighted by atomic mass is 35.5. The molecule has 1 aliphatic rings. The number of fused-ring (bicyclic) bond motifs is 1. The van der Waals surface area contributed by atoms with Gasteiger partial charge in [0.1, 0.15) is 11.6 Å². The van der Waals surface area contributed by atoms with Crippen LogP contribution in [0.5, 0.6) is 0 Å². The Balaban J connectivity index is 1.86. The molecule has 194 valence electrons. The number of alkyl halides is 3. The lowest BCUT2D eigenvalue weighted by Crippen LogP contribution is -2.21.